The monoisotopic (exact) mass is 569 g/mol. The molecule has 1 aliphatic carbocycles. The highest BCUT2D eigenvalue weighted by Crippen LogP contribution is 2.33. The summed E-state index contributed by atoms with van der Waals surface area (Å²) in [6.07, 6.45) is 3.52. The molecule has 0 radical (unpaired) electrons. The summed E-state index contributed by atoms with van der Waals surface area (Å²) < 4.78 is 20.1. The van der Waals surface area contributed by atoms with Crippen LogP contribution in [-0.4, -0.2) is 48.8 Å². The predicted molar refractivity (Wildman–Crippen MR) is 145 cm³/mol. The lowest BCUT2D eigenvalue weighted by Gasteiger charge is -2.30. The topological polar surface area (TPSA) is 172 Å². The lowest BCUT2D eigenvalue weighted by Crippen LogP contribution is -2.42. The number of amides is 2. The number of allylic oxidation sites excluding steroid dienone is 1. The van der Waals surface area contributed by atoms with Crippen LogP contribution in [0.5, 0.6) is 5.75 Å². The van der Waals surface area contributed by atoms with E-state index in [0.717, 1.165) is 0 Å². The van der Waals surface area contributed by atoms with E-state index in [2.05, 4.69) is 15.4 Å². The van der Waals surface area contributed by atoms with Crippen LogP contribution >= 0.6 is 0 Å². The average molecular weight is 570 g/mol. The standard InChI is InChI=1S/C28H31N3O10/c1-28(25(33)29-17-24(32)38-2)15-4-3-5-22(14-16-28)40-26(34)30-20-8-6-19(7-9-20)18-39-27(35)41-23-12-10-21(11-13-23)31(36)37/h3,5-13,22H,4,14-18H2,1-2H3,(H,29,33)(H,30,34)/b5-3+/t22-,28+/m0/s1. The van der Waals surface area contributed by atoms with E-state index in [1.165, 1.54) is 31.4 Å². The molecular formula is C28H31N3O10. The number of carbonyl (C=O) groups excluding carboxylic acids is 4. The van der Waals surface area contributed by atoms with Crippen LogP contribution in [0.25, 0.3) is 0 Å². The first kappa shape index (κ1) is 30.6. The molecule has 1 aliphatic rings. The van der Waals surface area contributed by atoms with Gasteiger partial charge in [-0.3, -0.25) is 25.0 Å². The maximum Gasteiger partial charge on any atom is 0.514 e. The van der Waals surface area contributed by atoms with Crippen molar-refractivity contribution in [3.8, 4) is 5.75 Å². The second-order valence-electron chi connectivity index (χ2n) is 9.48. The van der Waals surface area contributed by atoms with Gasteiger partial charge in [0.15, 0.2) is 0 Å². The third-order valence-corrected chi connectivity index (χ3v) is 6.43. The summed E-state index contributed by atoms with van der Waals surface area (Å²) in [5.41, 5.74) is 0.208. The molecule has 2 aromatic carbocycles. The molecule has 0 aromatic heterocycles. The Bertz CT molecular complexity index is 1280. The van der Waals surface area contributed by atoms with Crippen LogP contribution in [0, 0.1) is 15.5 Å². The molecule has 2 aromatic rings. The van der Waals surface area contributed by atoms with Gasteiger partial charge in [-0.05, 0) is 61.6 Å². The summed E-state index contributed by atoms with van der Waals surface area (Å²) in [5.74, 6) is -0.692. The Hall–Kier alpha value is -4.94. The number of esters is 1. The summed E-state index contributed by atoms with van der Waals surface area (Å²) in [6.45, 7) is 1.51. The number of methoxy groups -OCH3 is 1. The minimum atomic E-state index is -0.978. The first-order valence-electron chi connectivity index (χ1n) is 12.8. The third kappa shape index (κ3) is 9.64. The Morgan fingerprint density at radius 1 is 1.05 bits per heavy atom. The van der Waals surface area contributed by atoms with Crippen LogP contribution < -0.4 is 15.4 Å². The number of carbonyl (C=O) groups is 4. The van der Waals surface area contributed by atoms with E-state index in [1.54, 1.807) is 30.3 Å². The molecule has 13 heteroatoms. The van der Waals surface area contributed by atoms with Crippen molar-refractivity contribution in [1.82, 2.24) is 5.32 Å². The van der Waals surface area contributed by atoms with Crippen molar-refractivity contribution in [2.24, 2.45) is 5.41 Å². The van der Waals surface area contributed by atoms with Gasteiger partial charge in [-0.2, -0.15) is 0 Å². The molecule has 2 atom stereocenters. The van der Waals surface area contributed by atoms with Gasteiger partial charge in [0.05, 0.1) is 12.0 Å². The number of anilines is 1. The normalized spacial score (nSPS) is 18.9. The molecule has 0 heterocycles. The highest BCUT2D eigenvalue weighted by atomic mass is 16.7. The lowest BCUT2D eigenvalue weighted by molar-refractivity contribution is -0.384. The Labute approximate surface area is 235 Å². The van der Waals surface area contributed by atoms with Crippen molar-refractivity contribution in [2.75, 3.05) is 19.0 Å². The van der Waals surface area contributed by atoms with Gasteiger partial charge in [-0.15, -0.1) is 0 Å². The highest BCUT2D eigenvalue weighted by molar-refractivity contribution is 5.86. The first-order chi connectivity index (χ1) is 19.6. The van der Waals surface area contributed by atoms with Crippen molar-refractivity contribution in [3.05, 3.63) is 76.4 Å². The Kier molecular flexibility index (Phi) is 10.8. The number of nitro benzene ring substituents is 1. The first-order valence-corrected chi connectivity index (χ1v) is 12.8. The number of nitro groups is 1. The van der Waals surface area contributed by atoms with Crippen LogP contribution in [0.3, 0.4) is 0 Å². The molecule has 0 fully saturated rings. The third-order valence-electron chi connectivity index (χ3n) is 6.43. The van der Waals surface area contributed by atoms with Crippen LogP contribution in [0.4, 0.5) is 21.0 Å². The van der Waals surface area contributed by atoms with E-state index < -0.39 is 34.7 Å². The molecule has 3 rings (SSSR count). The van der Waals surface area contributed by atoms with Gasteiger partial charge in [0.1, 0.15) is 25.0 Å². The Balaban J connectivity index is 1.44. The van der Waals surface area contributed by atoms with Crippen LogP contribution in [-0.2, 0) is 30.4 Å². The fourth-order valence-electron chi connectivity index (χ4n) is 3.97. The number of hydrogen-bond acceptors (Lipinski definition) is 10. The Morgan fingerprint density at radius 2 is 1.76 bits per heavy atom. The van der Waals surface area contributed by atoms with Gasteiger partial charge in [-0.25, -0.2) is 9.59 Å². The minimum Gasteiger partial charge on any atom is -0.468 e. The maximum atomic E-state index is 12.7. The zero-order valence-electron chi connectivity index (χ0n) is 22.6. The van der Waals surface area contributed by atoms with Gasteiger partial charge in [0.2, 0.25) is 5.91 Å². The van der Waals surface area contributed by atoms with Crippen molar-refractivity contribution in [1.29, 1.82) is 0 Å². The molecule has 0 spiro atoms. The molecule has 0 saturated heterocycles. The van der Waals surface area contributed by atoms with Gasteiger partial charge < -0.3 is 24.3 Å². The lowest BCUT2D eigenvalue weighted by atomic mass is 9.78. The van der Waals surface area contributed by atoms with Crippen LogP contribution in [0.15, 0.2) is 60.7 Å². The zero-order valence-corrected chi connectivity index (χ0v) is 22.6. The molecule has 0 unspecified atom stereocenters. The summed E-state index contributed by atoms with van der Waals surface area (Å²) in [6, 6.07) is 11.5. The molecule has 0 bridgehead atoms. The largest absolute Gasteiger partial charge is 0.514 e. The maximum absolute atomic E-state index is 12.7. The van der Waals surface area contributed by atoms with E-state index in [4.69, 9.17) is 14.2 Å². The van der Waals surface area contributed by atoms with E-state index in [9.17, 15) is 29.3 Å². The fourth-order valence-corrected chi connectivity index (χ4v) is 3.97. The van der Waals surface area contributed by atoms with Gasteiger partial charge in [0, 0.05) is 23.2 Å². The van der Waals surface area contributed by atoms with Crippen molar-refractivity contribution >= 4 is 35.5 Å². The minimum absolute atomic E-state index is 0.101. The number of ether oxygens (including phenoxy) is 4. The van der Waals surface area contributed by atoms with Crippen molar-refractivity contribution in [2.45, 2.75) is 45.3 Å². The number of nitrogens with one attached hydrogen (secondary N) is 2. The quantitative estimate of drug-likeness (QED) is 0.108. The molecular weight excluding hydrogens is 538 g/mol. The second kappa shape index (κ2) is 14.4. The highest BCUT2D eigenvalue weighted by Gasteiger charge is 2.34. The molecule has 41 heavy (non-hydrogen) atoms. The fraction of sp³-hybridized carbons (Fsp3) is 0.357. The number of benzene rings is 2. The van der Waals surface area contributed by atoms with E-state index >= 15 is 0 Å². The van der Waals surface area contributed by atoms with E-state index in [0.29, 0.717) is 36.9 Å². The number of non-ortho nitro benzene ring substituents is 1. The average Bonchev–Trinajstić information content (AvgIpc) is 2.95. The van der Waals surface area contributed by atoms with Gasteiger partial charge in [-0.1, -0.05) is 25.1 Å². The van der Waals surface area contributed by atoms with Gasteiger partial charge in [0.25, 0.3) is 5.69 Å². The molecule has 13 nitrogen and oxygen atoms in total. The Morgan fingerprint density at radius 3 is 2.41 bits per heavy atom. The molecule has 0 saturated carbocycles. The number of nitrogens with zero attached hydrogens (tertiary/aromatic N) is 1. The zero-order chi connectivity index (χ0) is 29.8. The van der Waals surface area contributed by atoms with Crippen LogP contribution in [0.1, 0.15) is 38.2 Å². The summed E-state index contributed by atoms with van der Waals surface area (Å²) in [4.78, 5) is 58.6. The molecule has 0 aliphatic heterocycles. The smallest absolute Gasteiger partial charge is 0.468 e. The molecule has 218 valence electrons. The molecule has 2 N–H and O–H groups in total. The van der Waals surface area contributed by atoms with Crippen molar-refractivity contribution in [3.63, 3.8) is 0 Å². The van der Waals surface area contributed by atoms with Gasteiger partial charge >= 0.3 is 18.2 Å². The van der Waals surface area contributed by atoms with E-state index in [1.807, 2.05) is 13.0 Å². The number of rotatable bonds is 9. The summed E-state index contributed by atoms with van der Waals surface area (Å²) in [7, 11) is 1.25. The molecule has 2 amide bonds. The second-order valence-corrected chi connectivity index (χ2v) is 9.48. The number of hydrogen-bond donors (Lipinski definition) is 2. The van der Waals surface area contributed by atoms with Crippen molar-refractivity contribution < 1.29 is 43.0 Å². The summed E-state index contributed by atoms with van der Waals surface area (Å²) >= 11 is 0. The summed E-state index contributed by atoms with van der Waals surface area (Å²) in [5, 5.41) is 15.9. The van der Waals surface area contributed by atoms with E-state index in [-0.39, 0.29) is 30.5 Å². The van der Waals surface area contributed by atoms with Crippen LogP contribution in [0.2, 0.25) is 0 Å². The SMILES string of the molecule is COC(=O)CNC(=O)[C@]1(C)CC/C=C/[C@H](OC(=O)Nc2ccc(COC(=O)Oc3ccc([N+](=O)[O-])cc3)cc2)CC1. The predicted octanol–water partition coefficient (Wildman–Crippen LogP) is 4.65.